The van der Waals surface area contributed by atoms with E-state index in [4.69, 9.17) is 21.1 Å². The lowest BCUT2D eigenvalue weighted by Crippen LogP contribution is -2.56. The Morgan fingerprint density at radius 3 is 2.27 bits per heavy atom. The van der Waals surface area contributed by atoms with Gasteiger partial charge in [-0.1, -0.05) is 0 Å². The van der Waals surface area contributed by atoms with Crippen molar-refractivity contribution in [3.63, 3.8) is 0 Å². The van der Waals surface area contributed by atoms with E-state index in [2.05, 4.69) is 0 Å². The fourth-order valence-corrected chi connectivity index (χ4v) is 1.27. The minimum Gasteiger partial charge on any atom is -0.480 e. The first-order valence-electron chi connectivity index (χ1n) is 3.37. The van der Waals surface area contributed by atoms with Crippen LogP contribution in [0.25, 0.3) is 0 Å². The summed E-state index contributed by atoms with van der Waals surface area (Å²) in [5.74, 6) is -1.26. The average Bonchev–Trinajstić information content (AvgIpc) is 2.18. The van der Waals surface area contributed by atoms with Gasteiger partial charge >= 0.3 is 5.97 Å². The monoisotopic (exact) mass is 161 g/mol. The molecule has 5 heteroatoms. The van der Waals surface area contributed by atoms with E-state index in [-0.39, 0.29) is 12.8 Å². The fourth-order valence-electron chi connectivity index (χ4n) is 1.27. The molecule has 1 aliphatic carbocycles. The van der Waals surface area contributed by atoms with Crippen LogP contribution in [0, 0.1) is 0 Å². The van der Waals surface area contributed by atoms with Gasteiger partial charge in [-0.2, -0.15) is 0 Å². The Balaban J connectivity index is 2.81. The molecule has 64 valence electrons. The van der Waals surface area contributed by atoms with Crippen molar-refractivity contribution in [2.24, 2.45) is 5.73 Å². The van der Waals surface area contributed by atoms with E-state index >= 15 is 0 Å². The molecule has 3 unspecified atom stereocenters. The second-order valence-corrected chi connectivity index (χ2v) is 2.90. The summed E-state index contributed by atoms with van der Waals surface area (Å²) in [5, 5.41) is 26.7. The van der Waals surface area contributed by atoms with Crippen molar-refractivity contribution in [1.82, 2.24) is 0 Å². The molecule has 5 nitrogen and oxygen atoms in total. The molecule has 0 aliphatic heterocycles. The number of carbonyl (C=O) groups is 1. The molecule has 0 amide bonds. The maximum atomic E-state index is 10.5. The molecule has 0 aromatic rings. The predicted octanol–water partition coefficient (Wildman–Crippen LogP) is -1.72. The van der Waals surface area contributed by atoms with E-state index in [0.29, 0.717) is 0 Å². The largest absolute Gasteiger partial charge is 0.480 e. The van der Waals surface area contributed by atoms with E-state index in [1.807, 2.05) is 0 Å². The molecular weight excluding hydrogens is 150 g/mol. The number of aliphatic hydroxyl groups excluding tert-OH is 2. The molecule has 11 heavy (non-hydrogen) atoms. The summed E-state index contributed by atoms with van der Waals surface area (Å²) in [6.07, 6.45) is -2.00. The highest BCUT2D eigenvalue weighted by molar-refractivity contribution is 5.80. The first kappa shape index (κ1) is 8.45. The highest BCUT2D eigenvalue weighted by atomic mass is 16.4. The third-order valence-corrected chi connectivity index (χ3v) is 2.14. The number of aliphatic carboxylic acids is 1. The zero-order chi connectivity index (χ0) is 8.65. The van der Waals surface area contributed by atoms with Gasteiger partial charge in [-0.15, -0.1) is 0 Å². The van der Waals surface area contributed by atoms with Crippen LogP contribution in [-0.4, -0.2) is 39.0 Å². The first-order chi connectivity index (χ1) is 4.98. The van der Waals surface area contributed by atoms with Gasteiger partial charge in [0, 0.05) is 0 Å². The van der Waals surface area contributed by atoms with Crippen molar-refractivity contribution in [3.8, 4) is 0 Å². The lowest BCUT2D eigenvalue weighted by molar-refractivity contribution is -0.148. The van der Waals surface area contributed by atoms with Gasteiger partial charge in [0.1, 0.15) is 11.6 Å². The van der Waals surface area contributed by atoms with Crippen LogP contribution in [0.3, 0.4) is 0 Å². The third kappa shape index (κ3) is 1.11. The topological polar surface area (TPSA) is 104 Å². The van der Waals surface area contributed by atoms with Crippen LogP contribution >= 0.6 is 0 Å². The number of hydrogen-bond acceptors (Lipinski definition) is 4. The molecule has 0 heterocycles. The molecule has 1 rings (SSSR count). The summed E-state index contributed by atoms with van der Waals surface area (Å²) in [6, 6.07) is 0. The van der Waals surface area contributed by atoms with Gasteiger partial charge in [0.15, 0.2) is 0 Å². The molecule has 0 bridgehead atoms. The number of aliphatic hydroxyl groups is 2. The van der Waals surface area contributed by atoms with E-state index in [9.17, 15) is 4.79 Å². The lowest BCUT2D eigenvalue weighted by Gasteiger charge is -2.23. The van der Waals surface area contributed by atoms with Crippen molar-refractivity contribution in [1.29, 1.82) is 0 Å². The van der Waals surface area contributed by atoms with Crippen molar-refractivity contribution >= 4 is 5.97 Å². The van der Waals surface area contributed by atoms with Crippen molar-refractivity contribution < 1.29 is 20.1 Å². The highest BCUT2D eigenvalue weighted by Gasteiger charge is 2.50. The molecular formula is C6H11NO4. The summed E-state index contributed by atoms with van der Waals surface area (Å²) < 4.78 is 0. The summed E-state index contributed by atoms with van der Waals surface area (Å²) in [7, 11) is 0. The number of hydrogen-bond donors (Lipinski definition) is 4. The van der Waals surface area contributed by atoms with Gasteiger partial charge < -0.3 is 21.1 Å². The van der Waals surface area contributed by atoms with Crippen LogP contribution in [0.5, 0.6) is 0 Å². The van der Waals surface area contributed by atoms with Crippen molar-refractivity contribution in [2.75, 3.05) is 0 Å². The van der Waals surface area contributed by atoms with Crippen LogP contribution < -0.4 is 5.73 Å². The zero-order valence-electron chi connectivity index (χ0n) is 5.90. The zero-order valence-corrected chi connectivity index (χ0v) is 5.90. The van der Waals surface area contributed by atoms with E-state index < -0.39 is 23.7 Å². The lowest BCUT2D eigenvalue weighted by atomic mass is 9.97. The molecule has 0 saturated heterocycles. The summed E-state index contributed by atoms with van der Waals surface area (Å²) >= 11 is 0. The van der Waals surface area contributed by atoms with Gasteiger partial charge in [0.25, 0.3) is 0 Å². The summed E-state index contributed by atoms with van der Waals surface area (Å²) in [4.78, 5) is 10.5. The molecule has 0 aromatic carbocycles. The molecule has 1 saturated carbocycles. The minimum absolute atomic E-state index is 0.116. The number of rotatable bonds is 1. The minimum atomic E-state index is -1.65. The average molecular weight is 161 g/mol. The molecule has 0 radical (unpaired) electrons. The van der Waals surface area contributed by atoms with Crippen LogP contribution in [-0.2, 0) is 4.79 Å². The van der Waals surface area contributed by atoms with Gasteiger partial charge in [-0.3, -0.25) is 4.79 Å². The Bertz CT molecular complexity index is 183. The predicted molar refractivity (Wildman–Crippen MR) is 35.8 cm³/mol. The van der Waals surface area contributed by atoms with Gasteiger partial charge in [-0.25, -0.2) is 0 Å². The molecule has 0 aromatic heterocycles. The van der Waals surface area contributed by atoms with Crippen molar-refractivity contribution in [2.45, 2.75) is 30.6 Å². The van der Waals surface area contributed by atoms with Crippen LogP contribution in [0.4, 0.5) is 0 Å². The van der Waals surface area contributed by atoms with Crippen LogP contribution in [0.15, 0.2) is 0 Å². The molecule has 1 aliphatic rings. The Kier molecular flexibility index (Phi) is 1.87. The second-order valence-electron chi connectivity index (χ2n) is 2.90. The number of carboxylic acid groups (broad SMARTS) is 1. The van der Waals surface area contributed by atoms with Gasteiger partial charge in [-0.05, 0) is 12.8 Å². The highest BCUT2D eigenvalue weighted by Crippen LogP contribution is 2.28. The molecule has 1 fully saturated rings. The second kappa shape index (κ2) is 2.44. The molecule has 0 spiro atoms. The van der Waals surface area contributed by atoms with Crippen LogP contribution in [0.2, 0.25) is 0 Å². The van der Waals surface area contributed by atoms with Crippen molar-refractivity contribution in [3.05, 3.63) is 0 Å². The standard InChI is InChI=1S/C6H11NO4/c7-6(5(10)11)2-1-3(8)4(6)9/h3-4,8-9H,1-2,7H2,(H,10,11). The van der Waals surface area contributed by atoms with Crippen LogP contribution in [0.1, 0.15) is 12.8 Å². The SMILES string of the molecule is NC1(C(=O)O)CCC(O)C1O. The van der Waals surface area contributed by atoms with Gasteiger partial charge in [0.05, 0.1) is 6.10 Å². The fraction of sp³-hybridized carbons (Fsp3) is 0.833. The summed E-state index contributed by atoms with van der Waals surface area (Å²) in [5.41, 5.74) is 3.67. The van der Waals surface area contributed by atoms with E-state index in [0.717, 1.165) is 0 Å². The quantitative estimate of drug-likeness (QED) is 0.366. The molecule has 3 atom stereocenters. The Hall–Kier alpha value is -0.650. The first-order valence-corrected chi connectivity index (χ1v) is 3.37. The Labute approximate surface area is 63.4 Å². The third-order valence-electron chi connectivity index (χ3n) is 2.14. The smallest absolute Gasteiger partial charge is 0.326 e. The maximum Gasteiger partial charge on any atom is 0.326 e. The summed E-state index contributed by atoms with van der Waals surface area (Å²) in [6.45, 7) is 0. The number of nitrogens with two attached hydrogens (primary N) is 1. The van der Waals surface area contributed by atoms with E-state index in [1.165, 1.54) is 0 Å². The normalized spacial score (nSPS) is 44.3. The maximum absolute atomic E-state index is 10.5. The van der Waals surface area contributed by atoms with E-state index in [1.54, 1.807) is 0 Å². The molecule has 5 N–H and O–H groups in total. The van der Waals surface area contributed by atoms with Gasteiger partial charge in [0.2, 0.25) is 0 Å². The Morgan fingerprint density at radius 2 is 2.09 bits per heavy atom. The number of carboxylic acids is 1. The Morgan fingerprint density at radius 1 is 1.55 bits per heavy atom.